The molecule has 0 unspecified atom stereocenters. The Labute approximate surface area is 89.9 Å². The van der Waals surface area contributed by atoms with Gasteiger partial charge in [0.2, 0.25) is 0 Å². The lowest BCUT2D eigenvalue weighted by Crippen LogP contribution is -2.30. The number of rotatable bonds is 5. The lowest BCUT2D eigenvalue weighted by Gasteiger charge is -2.04. The topological polar surface area (TPSA) is 80.0 Å². The second kappa shape index (κ2) is 6.16. The van der Waals surface area contributed by atoms with Gasteiger partial charge in [0, 0.05) is 25.8 Å². The molecular formula is C9H15BN4O. The molecule has 0 atom stereocenters. The molecule has 1 rings (SSSR count). The first-order chi connectivity index (χ1) is 7.27. The average Bonchev–Trinajstić information content (AvgIpc) is 2.29. The molecule has 0 spiro atoms. The fraction of sp³-hybridized carbons (Fsp3) is 0.333. The van der Waals surface area contributed by atoms with Crippen LogP contribution in [0.1, 0.15) is 16.1 Å². The van der Waals surface area contributed by atoms with Crippen LogP contribution in [-0.2, 0) is 6.54 Å². The number of nitrogens with zero attached hydrogens (tertiary/aromatic N) is 1. The first kappa shape index (κ1) is 11.7. The van der Waals surface area contributed by atoms with E-state index in [2.05, 4.69) is 15.5 Å². The highest BCUT2D eigenvalue weighted by atomic mass is 16.1. The molecule has 1 amide bonds. The highest BCUT2D eigenvalue weighted by Gasteiger charge is 2.04. The summed E-state index contributed by atoms with van der Waals surface area (Å²) in [6.45, 7) is 1.75. The number of carbonyl (C=O) groups is 1. The maximum atomic E-state index is 11.5. The molecule has 0 bridgehead atoms. The van der Waals surface area contributed by atoms with E-state index in [1.54, 1.807) is 12.1 Å². The lowest BCUT2D eigenvalue weighted by molar-refractivity contribution is 0.0954. The van der Waals surface area contributed by atoms with E-state index >= 15 is 0 Å². The van der Waals surface area contributed by atoms with Crippen molar-refractivity contribution in [1.82, 2.24) is 15.5 Å². The maximum absolute atomic E-state index is 11.5. The molecule has 1 aromatic rings. The van der Waals surface area contributed by atoms with Crippen molar-refractivity contribution in [2.24, 2.45) is 5.73 Å². The molecule has 4 N–H and O–H groups in total. The van der Waals surface area contributed by atoms with Gasteiger partial charge in [-0.2, -0.15) is 0 Å². The summed E-state index contributed by atoms with van der Waals surface area (Å²) in [4.78, 5) is 15.6. The third-order valence-corrected chi connectivity index (χ3v) is 1.96. The molecule has 80 valence electrons. The first-order valence-corrected chi connectivity index (χ1v) is 4.85. The number of amides is 1. The molecule has 1 heterocycles. The van der Waals surface area contributed by atoms with Crippen molar-refractivity contribution in [3.8, 4) is 0 Å². The standard InChI is InChI=1S/C9H15BN4O/c10-14-4-3-12-9(15)7-1-2-8(5-11)13-6-7/h1-2,6,14H,3-5,10-11H2,(H,12,15). The van der Waals surface area contributed by atoms with E-state index in [1.165, 1.54) is 6.20 Å². The summed E-state index contributed by atoms with van der Waals surface area (Å²) >= 11 is 0. The van der Waals surface area contributed by atoms with Crippen LogP contribution in [0.15, 0.2) is 18.3 Å². The fourth-order valence-corrected chi connectivity index (χ4v) is 1.08. The van der Waals surface area contributed by atoms with Gasteiger partial charge >= 0.3 is 0 Å². The molecule has 0 fully saturated rings. The Morgan fingerprint density at radius 1 is 1.47 bits per heavy atom. The lowest BCUT2D eigenvalue weighted by atomic mass is 10.2. The second-order valence-corrected chi connectivity index (χ2v) is 3.10. The molecule has 1 aromatic heterocycles. The Kier molecular flexibility index (Phi) is 4.79. The first-order valence-electron chi connectivity index (χ1n) is 4.85. The Hall–Kier alpha value is -1.40. The minimum absolute atomic E-state index is 0.110. The molecule has 15 heavy (non-hydrogen) atoms. The molecule has 0 saturated heterocycles. The Morgan fingerprint density at radius 2 is 2.27 bits per heavy atom. The van der Waals surface area contributed by atoms with Crippen LogP contribution in [0.2, 0.25) is 0 Å². The van der Waals surface area contributed by atoms with Gasteiger partial charge in [-0.3, -0.25) is 9.78 Å². The summed E-state index contributed by atoms with van der Waals surface area (Å²) in [5, 5.41) is 5.71. The van der Waals surface area contributed by atoms with E-state index in [4.69, 9.17) is 5.73 Å². The van der Waals surface area contributed by atoms with Gasteiger partial charge in [-0.05, 0) is 12.1 Å². The third kappa shape index (κ3) is 3.69. The summed E-state index contributed by atoms with van der Waals surface area (Å²) in [6, 6.07) is 3.48. The summed E-state index contributed by atoms with van der Waals surface area (Å²) in [5.74, 6) is -0.110. The molecule has 0 aliphatic carbocycles. The van der Waals surface area contributed by atoms with Crippen LogP contribution in [0, 0.1) is 0 Å². The number of aromatic nitrogens is 1. The number of hydrogen-bond donors (Lipinski definition) is 3. The molecule has 0 saturated carbocycles. The predicted molar refractivity (Wildman–Crippen MR) is 61.0 cm³/mol. The van der Waals surface area contributed by atoms with Gasteiger partial charge in [0.15, 0.2) is 7.98 Å². The van der Waals surface area contributed by atoms with Crippen LogP contribution in [0.3, 0.4) is 0 Å². The zero-order valence-corrected chi connectivity index (χ0v) is 8.79. The maximum Gasteiger partial charge on any atom is 0.252 e. The predicted octanol–water partition coefficient (Wildman–Crippen LogP) is -1.59. The van der Waals surface area contributed by atoms with E-state index in [0.29, 0.717) is 18.7 Å². The Balaban J connectivity index is 2.50. The highest BCUT2D eigenvalue weighted by molar-refractivity contribution is 6.04. The SMILES string of the molecule is BNCCNC(=O)c1ccc(CN)nc1. The van der Waals surface area contributed by atoms with Crippen LogP contribution < -0.4 is 16.3 Å². The quantitative estimate of drug-likeness (QED) is 0.400. The van der Waals surface area contributed by atoms with E-state index in [0.717, 1.165) is 12.2 Å². The average molecular weight is 206 g/mol. The number of nitrogens with two attached hydrogens (primary N) is 1. The normalized spacial score (nSPS) is 9.93. The zero-order chi connectivity index (χ0) is 11.1. The van der Waals surface area contributed by atoms with Crippen molar-refractivity contribution in [3.05, 3.63) is 29.6 Å². The van der Waals surface area contributed by atoms with Crippen LogP contribution >= 0.6 is 0 Å². The van der Waals surface area contributed by atoms with E-state index in [1.807, 2.05) is 7.98 Å². The van der Waals surface area contributed by atoms with Crippen LogP contribution in [0.25, 0.3) is 0 Å². The van der Waals surface area contributed by atoms with Crippen molar-refractivity contribution < 1.29 is 4.79 Å². The number of pyridine rings is 1. The second-order valence-electron chi connectivity index (χ2n) is 3.10. The Bertz CT molecular complexity index is 314. The van der Waals surface area contributed by atoms with Gasteiger partial charge in [0.25, 0.3) is 5.91 Å². The third-order valence-electron chi connectivity index (χ3n) is 1.96. The van der Waals surface area contributed by atoms with E-state index < -0.39 is 0 Å². The monoisotopic (exact) mass is 206 g/mol. The van der Waals surface area contributed by atoms with Crippen LogP contribution in [0.4, 0.5) is 0 Å². The van der Waals surface area contributed by atoms with Gasteiger partial charge in [0.1, 0.15) is 0 Å². The van der Waals surface area contributed by atoms with E-state index in [-0.39, 0.29) is 5.91 Å². The van der Waals surface area contributed by atoms with Crippen molar-refractivity contribution in [2.75, 3.05) is 13.1 Å². The molecule has 6 heteroatoms. The molecule has 0 aliphatic rings. The molecule has 5 nitrogen and oxygen atoms in total. The minimum atomic E-state index is -0.110. The highest BCUT2D eigenvalue weighted by Crippen LogP contribution is 1.99. The van der Waals surface area contributed by atoms with Gasteiger partial charge in [-0.25, -0.2) is 0 Å². The summed E-state index contributed by atoms with van der Waals surface area (Å²) in [5.41, 5.74) is 6.74. The number of nitrogens with one attached hydrogen (secondary N) is 2. The van der Waals surface area contributed by atoms with Gasteiger partial charge in [-0.15, -0.1) is 0 Å². The van der Waals surface area contributed by atoms with Crippen LogP contribution in [0.5, 0.6) is 0 Å². The van der Waals surface area contributed by atoms with Crippen molar-refractivity contribution >= 4 is 13.9 Å². The summed E-state index contributed by atoms with van der Waals surface area (Å²) in [6.07, 6.45) is 1.54. The number of carbonyl (C=O) groups excluding carboxylic acids is 1. The Morgan fingerprint density at radius 3 is 2.80 bits per heavy atom. The van der Waals surface area contributed by atoms with Gasteiger partial charge in [-0.1, -0.05) is 0 Å². The van der Waals surface area contributed by atoms with Gasteiger partial charge < -0.3 is 16.3 Å². The zero-order valence-electron chi connectivity index (χ0n) is 8.79. The molecule has 0 aliphatic heterocycles. The number of hydrogen-bond acceptors (Lipinski definition) is 4. The van der Waals surface area contributed by atoms with Crippen molar-refractivity contribution in [1.29, 1.82) is 0 Å². The van der Waals surface area contributed by atoms with Crippen LogP contribution in [-0.4, -0.2) is 32.0 Å². The van der Waals surface area contributed by atoms with Crippen molar-refractivity contribution in [2.45, 2.75) is 6.54 Å². The molecular weight excluding hydrogens is 191 g/mol. The molecule has 0 aromatic carbocycles. The van der Waals surface area contributed by atoms with Crippen molar-refractivity contribution in [3.63, 3.8) is 0 Å². The minimum Gasteiger partial charge on any atom is -0.360 e. The fourth-order valence-electron chi connectivity index (χ4n) is 1.08. The van der Waals surface area contributed by atoms with Gasteiger partial charge in [0.05, 0.1) is 11.3 Å². The smallest absolute Gasteiger partial charge is 0.252 e. The molecule has 0 radical (unpaired) electrons. The summed E-state index contributed by atoms with van der Waals surface area (Å²) < 4.78 is 0. The largest absolute Gasteiger partial charge is 0.360 e. The van der Waals surface area contributed by atoms with E-state index in [9.17, 15) is 4.79 Å². The summed E-state index contributed by atoms with van der Waals surface area (Å²) in [7, 11) is 1.84.